The molecular formula is C15H24N2O3S. The second-order valence-corrected chi connectivity index (χ2v) is 7.22. The summed E-state index contributed by atoms with van der Waals surface area (Å²) in [5, 5.41) is 12.1. The number of rotatable bonds is 8. The molecule has 0 aliphatic heterocycles. The largest absolute Gasteiger partial charge is 0.396 e. The number of anilines is 1. The number of benzene rings is 1. The van der Waals surface area contributed by atoms with Gasteiger partial charge in [0.25, 0.3) is 0 Å². The lowest BCUT2D eigenvalue weighted by Crippen LogP contribution is -2.44. The lowest BCUT2D eigenvalue weighted by Gasteiger charge is -2.36. The van der Waals surface area contributed by atoms with Crippen molar-refractivity contribution in [1.82, 2.24) is 4.31 Å². The molecule has 0 amide bonds. The molecule has 1 aliphatic carbocycles. The first-order chi connectivity index (χ1) is 10.1. The van der Waals surface area contributed by atoms with Crippen LogP contribution in [0.3, 0.4) is 0 Å². The van der Waals surface area contributed by atoms with Crippen LogP contribution >= 0.6 is 0 Å². The van der Waals surface area contributed by atoms with E-state index < -0.39 is 10.0 Å². The standard InChI is InChI=1S/C15H24N2O3S/c1-2-16-13-7-9-15(10-8-13)21(19,20)17(11-4-12-18)14-5-3-6-14/h7-10,14,16,18H,2-6,11-12H2,1H3. The van der Waals surface area contributed by atoms with E-state index in [0.29, 0.717) is 17.9 Å². The van der Waals surface area contributed by atoms with Gasteiger partial charge in [-0.05, 0) is 50.5 Å². The third-order valence-corrected chi connectivity index (χ3v) is 5.83. The third kappa shape index (κ3) is 3.75. The Morgan fingerprint density at radius 3 is 2.43 bits per heavy atom. The van der Waals surface area contributed by atoms with Crippen LogP contribution < -0.4 is 5.32 Å². The summed E-state index contributed by atoms with van der Waals surface area (Å²) in [5.41, 5.74) is 0.919. The summed E-state index contributed by atoms with van der Waals surface area (Å²) in [6, 6.07) is 6.98. The normalized spacial score (nSPS) is 16.0. The zero-order valence-corrected chi connectivity index (χ0v) is 13.3. The van der Waals surface area contributed by atoms with E-state index in [9.17, 15) is 8.42 Å². The highest BCUT2D eigenvalue weighted by Gasteiger charge is 2.34. The van der Waals surface area contributed by atoms with Crippen molar-refractivity contribution in [2.45, 2.75) is 43.5 Å². The Balaban J connectivity index is 2.20. The summed E-state index contributed by atoms with van der Waals surface area (Å²) in [6.45, 7) is 3.20. The first kappa shape index (κ1) is 16.3. The van der Waals surface area contributed by atoms with Gasteiger partial charge in [0.1, 0.15) is 0 Å². The van der Waals surface area contributed by atoms with E-state index in [0.717, 1.165) is 31.5 Å². The highest BCUT2D eigenvalue weighted by atomic mass is 32.2. The molecule has 6 heteroatoms. The van der Waals surface area contributed by atoms with Crippen LogP contribution in [-0.2, 0) is 10.0 Å². The molecule has 0 unspecified atom stereocenters. The van der Waals surface area contributed by atoms with Crippen LogP contribution in [0.5, 0.6) is 0 Å². The van der Waals surface area contributed by atoms with Gasteiger partial charge in [-0.3, -0.25) is 0 Å². The Labute approximate surface area is 127 Å². The smallest absolute Gasteiger partial charge is 0.243 e. The summed E-state index contributed by atoms with van der Waals surface area (Å²) >= 11 is 0. The molecule has 0 aromatic heterocycles. The van der Waals surface area contributed by atoms with Gasteiger partial charge in [0.15, 0.2) is 0 Å². The molecule has 1 saturated carbocycles. The molecule has 21 heavy (non-hydrogen) atoms. The number of hydrogen-bond donors (Lipinski definition) is 2. The van der Waals surface area contributed by atoms with Gasteiger partial charge in [-0.1, -0.05) is 6.42 Å². The third-order valence-electron chi connectivity index (χ3n) is 3.86. The number of nitrogens with one attached hydrogen (secondary N) is 1. The van der Waals surface area contributed by atoms with Crippen LogP contribution in [0.15, 0.2) is 29.2 Å². The van der Waals surface area contributed by atoms with E-state index in [1.54, 1.807) is 28.6 Å². The van der Waals surface area contributed by atoms with E-state index in [2.05, 4.69) is 5.32 Å². The van der Waals surface area contributed by atoms with Crippen LogP contribution in [0.25, 0.3) is 0 Å². The predicted octanol–water partition coefficient (Wildman–Crippen LogP) is 2.04. The summed E-state index contributed by atoms with van der Waals surface area (Å²) in [7, 11) is -3.47. The van der Waals surface area contributed by atoms with Gasteiger partial charge in [0, 0.05) is 31.4 Å². The average molecular weight is 312 g/mol. The van der Waals surface area contributed by atoms with Crippen molar-refractivity contribution in [3.8, 4) is 0 Å². The number of sulfonamides is 1. The van der Waals surface area contributed by atoms with Gasteiger partial charge in [-0.2, -0.15) is 4.31 Å². The van der Waals surface area contributed by atoms with E-state index in [-0.39, 0.29) is 12.6 Å². The molecule has 1 aliphatic rings. The van der Waals surface area contributed by atoms with Crippen molar-refractivity contribution in [2.75, 3.05) is 25.0 Å². The molecule has 1 aromatic rings. The van der Waals surface area contributed by atoms with Gasteiger partial charge in [-0.25, -0.2) is 8.42 Å². The second kappa shape index (κ2) is 7.24. The predicted molar refractivity (Wildman–Crippen MR) is 83.8 cm³/mol. The zero-order valence-electron chi connectivity index (χ0n) is 12.5. The maximum atomic E-state index is 12.8. The Bertz CT molecular complexity index is 539. The molecule has 0 atom stereocenters. The van der Waals surface area contributed by atoms with E-state index >= 15 is 0 Å². The lowest BCUT2D eigenvalue weighted by atomic mass is 9.93. The van der Waals surface area contributed by atoms with Crippen LogP contribution in [0, 0.1) is 0 Å². The molecule has 2 N–H and O–H groups in total. The molecule has 1 fully saturated rings. The summed E-state index contributed by atoms with van der Waals surface area (Å²) in [6.07, 6.45) is 3.39. The van der Waals surface area contributed by atoms with Crippen LogP contribution in [0.4, 0.5) is 5.69 Å². The zero-order chi connectivity index (χ0) is 15.3. The minimum absolute atomic E-state index is 0.0120. The molecule has 2 rings (SSSR count). The summed E-state index contributed by atoms with van der Waals surface area (Å²) in [5.74, 6) is 0. The highest BCUT2D eigenvalue weighted by molar-refractivity contribution is 7.89. The van der Waals surface area contributed by atoms with Crippen molar-refractivity contribution in [3.05, 3.63) is 24.3 Å². The maximum absolute atomic E-state index is 12.8. The van der Waals surface area contributed by atoms with E-state index in [4.69, 9.17) is 5.11 Å². The molecule has 5 nitrogen and oxygen atoms in total. The number of aliphatic hydroxyl groups excluding tert-OH is 1. The average Bonchev–Trinajstić information content (AvgIpc) is 2.42. The molecule has 1 aromatic carbocycles. The van der Waals surface area contributed by atoms with Gasteiger partial charge >= 0.3 is 0 Å². The maximum Gasteiger partial charge on any atom is 0.243 e. The number of hydrogen-bond acceptors (Lipinski definition) is 4. The molecular weight excluding hydrogens is 288 g/mol. The Morgan fingerprint density at radius 1 is 1.29 bits per heavy atom. The summed E-state index contributed by atoms with van der Waals surface area (Å²) < 4.78 is 27.1. The SMILES string of the molecule is CCNc1ccc(S(=O)(=O)N(CCCO)C2CCC2)cc1. The highest BCUT2D eigenvalue weighted by Crippen LogP contribution is 2.30. The molecule has 0 heterocycles. The quantitative estimate of drug-likeness (QED) is 0.771. The molecule has 0 bridgehead atoms. The fourth-order valence-electron chi connectivity index (χ4n) is 2.48. The topological polar surface area (TPSA) is 69.6 Å². The monoisotopic (exact) mass is 312 g/mol. The lowest BCUT2D eigenvalue weighted by molar-refractivity contribution is 0.198. The molecule has 0 radical (unpaired) electrons. The van der Waals surface area contributed by atoms with Crippen LogP contribution in [-0.4, -0.2) is 43.6 Å². The fraction of sp³-hybridized carbons (Fsp3) is 0.600. The molecule has 0 saturated heterocycles. The molecule has 0 spiro atoms. The first-order valence-electron chi connectivity index (χ1n) is 7.56. The van der Waals surface area contributed by atoms with Gasteiger partial charge in [-0.15, -0.1) is 0 Å². The van der Waals surface area contributed by atoms with E-state index in [1.807, 2.05) is 6.92 Å². The van der Waals surface area contributed by atoms with Crippen molar-refractivity contribution >= 4 is 15.7 Å². The minimum Gasteiger partial charge on any atom is -0.396 e. The van der Waals surface area contributed by atoms with Gasteiger partial charge in [0.2, 0.25) is 10.0 Å². The molecule has 118 valence electrons. The number of nitrogens with zero attached hydrogens (tertiary/aromatic N) is 1. The van der Waals surface area contributed by atoms with Crippen LogP contribution in [0.1, 0.15) is 32.6 Å². The van der Waals surface area contributed by atoms with Crippen molar-refractivity contribution in [3.63, 3.8) is 0 Å². The van der Waals surface area contributed by atoms with Gasteiger partial charge in [0.05, 0.1) is 4.90 Å². The summed E-state index contributed by atoms with van der Waals surface area (Å²) in [4.78, 5) is 0.328. The first-order valence-corrected chi connectivity index (χ1v) is 9.00. The van der Waals surface area contributed by atoms with Crippen molar-refractivity contribution in [2.24, 2.45) is 0 Å². The van der Waals surface area contributed by atoms with Gasteiger partial charge < -0.3 is 10.4 Å². The Hall–Kier alpha value is -1.11. The fourth-order valence-corrected chi connectivity index (χ4v) is 4.21. The second-order valence-electron chi connectivity index (χ2n) is 5.33. The van der Waals surface area contributed by atoms with Crippen molar-refractivity contribution in [1.29, 1.82) is 0 Å². The van der Waals surface area contributed by atoms with Crippen molar-refractivity contribution < 1.29 is 13.5 Å². The minimum atomic E-state index is -3.47. The van der Waals surface area contributed by atoms with E-state index in [1.165, 1.54) is 0 Å². The number of aliphatic hydroxyl groups is 1. The van der Waals surface area contributed by atoms with Crippen LogP contribution in [0.2, 0.25) is 0 Å². The Kier molecular flexibility index (Phi) is 5.61. The Morgan fingerprint density at radius 2 is 1.95 bits per heavy atom.